The lowest BCUT2D eigenvalue weighted by Crippen LogP contribution is -2.22. The van der Waals surface area contributed by atoms with Crippen LogP contribution in [-0.2, 0) is 4.79 Å². The van der Waals surface area contributed by atoms with Crippen molar-refractivity contribution < 1.29 is 19.4 Å². The first-order valence-corrected chi connectivity index (χ1v) is 9.70. The molecule has 1 atom stereocenters. The molecular formula is C22H19NO4S. The van der Waals surface area contributed by atoms with Crippen molar-refractivity contribution in [2.24, 2.45) is 0 Å². The predicted molar refractivity (Wildman–Crippen MR) is 110 cm³/mol. The predicted octanol–water partition coefficient (Wildman–Crippen LogP) is 4.90. The Kier molecular flexibility index (Phi) is 4.65. The molecule has 1 aliphatic heterocycles. The minimum Gasteiger partial charge on any atom is -0.497 e. The molecule has 0 radical (unpaired) electrons. The fourth-order valence-electron chi connectivity index (χ4n) is 3.54. The van der Waals surface area contributed by atoms with Crippen LogP contribution < -0.4 is 10.1 Å². The third-order valence-electron chi connectivity index (χ3n) is 4.96. The third kappa shape index (κ3) is 3.16. The van der Waals surface area contributed by atoms with Crippen LogP contribution in [0.1, 0.15) is 38.0 Å². The average molecular weight is 393 g/mol. The van der Waals surface area contributed by atoms with Crippen molar-refractivity contribution in [2.75, 3.05) is 12.4 Å². The van der Waals surface area contributed by atoms with Gasteiger partial charge in [-0.3, -0.25) is 4.79 Å². The zero-order valence-corrected chi connectivity index (χ0v) is 16.3. The smallest absolute Gasteiger partial charge is 0.346 e. The number of methoxy groups -OCH3 is 1. The number of carbonyl (C=O) groups is 2. The molecule has 4 rings (SSSR count). The first kappa shape index (κ1) is 18.3. The molecule has 0 saturated heterocycles. The SMILES string of the molecule is COc1ccc(-c2c(C(=O)O)sc3c2NC(=O)C[C@H]3c2ccc(C)cc2)cc1. The monoisotopic (exact) mass is 393 g/mol. The Morgan fingerprint density at radius 3 is 2.43 bits per heavy atom. The van der Waals surface area contributed by atoms with Crippen LogP contribution in [0.3, 0.4) is 0 Å². The molecule has 0 unspecified atom stereocenters. The number of ether oxygens (including phenoxy) is 1. The lowest BCUT2D eigenvalue weighted by Gasteiger charge is -2.24. The van der Waals surface area contributed by atoms with E-state index < -0.39 is 5.97 Å². The Labute approximate surface area is 166 Å². The van der Waals surface area contributed by atoms with Crippen LogP contribution in [0.15, 0.2) is 48.5 Å². The number of hydrogen-bond acceptors (Lipinski definition) is 4. The second-order valence-corrected chi connectivity index (χ2v) is 7.85. The van der Waals surface area contributed by atoms with E-state index in [1.165, 1.54) is 11.3 Å². The maximum atomic E-state index is 12.5. The van der Waals surface area contributed by atoms with Crippen molar-refractivity contribution in [2.45, 2.75) is 19.3 Å². The maximum Gasteiger partial charge on any atom is 0.346 e. The molecule has 6 heteroatoms. The Morgan fingerprint density at radius 1 is 1.14 bits per heavy atom. The van der Waals surface area contributed by atoms with E-state index in [1.807, 2.05) is 43.3 Å². The van der Waals surface area contributed by atoms with E-state index in [-0.39, 0.29) is 16.7 Å². The Bertz CT molecular complexity index is 1050. The van der Waals surface area contributed by atoms with E-state index in [0.29, 0.717) is 23.4 Å². The molecule has 28 heavy (non-hydrogen) atoms. The van der Waals surface area contributed by atoms with Crippen LogP contribution in [-0.4, -0.2) is 24.1 Å². The third-order valence-corrected chi connectivity index (χ3v) is 6.25. The highest BCUT2D eigenvalue weighted by atomic mass is 32.1. The summed E-state index contributed by atoms with van der Waals surface area (Å²) in [6.45, 7) is 2.01. The van der Waals surface area contributed by atoms with E-state index >= 15 is 0 Å². The van der Waals surface area contributed by atoms with Gasteiger partial charge in [-0.1, -0.05) is 42.0 Å². The number of nitrogens with one attached hydrogen (secondary N) is 1. The number of fused-ring (bicyclic) bond motifs is 1. The molecular weight excluding hydrogens is 374 g/mol. The summed E-state index contributed by atoms with van der Waals surface area (Å²) in [5, 5.41) is 12.7. The summed E-state index contributed by atoms with van der Waals surface area (Å²) in [5.74, 6) is -0.574. The minimum atomic E-state index is -0.998. The zero-order valence-electron chi connectivity index (χ0n) is 15.5. The molecule has 3 aromatic rings. The molecule has 5 nitrogen and oxygen atoms in total. The topological polar surface area (TPSA) is 75.6 Å². The lowest BCUT2D eigenvalue weighted by molar-refractivity contribution is -0.116. The Hall–Kier alpha value is -3.12. The molecule has 0 bridgehead atoms. The van der Waals surface area contributed by atoms with E-state index in [2.05, 4.69) is 5.32 Å². The van der Waals surface area contributed by atoms with Gasteiger partial charge in [0, 0.05) is 22.8 Å². The summed E-state index contributed by atoms with van der Waals surface area (Å²) in [6.07, 6.45) is 0.303. The molecule has 0 spiro atoms. The summed E-state index contributed by atoms with van der Waals surface area (Å²) in [6, 6.07) is 15.2. The minimum absolute atomic E-state index is 0.109. The van der Waals surface area contributed by atoms with Crippen molar-refractivity contribution in [1.82, 2.24) is 0 Å². The van der Waals surface area contributed by atoms with Crippen LogP contribution >= 0.6 is 11.3 Å². The standard InChI is InChI=1S/C22H19NO4S/c1-12-3-5-13(6-4-12)16-11-17(24)23-19-18(21(22(25)26)28-20(16)19)14-7-9-15(27-2)10-8-14/h3-10,16H,11H2,1-2H3,(H,23,24)(H,25,26)/t16-/m0/s1. The Balaban J connectivity index is 1.89. The van der Waals surface area contributed by atoms with Crippen LogP contribution in [0.4, 0.5) is 5.69 Å². The normalized spacial score (nSPS) is 15.6. The van der Waals surface area contributed by atoms with Crippen molar-refractivity contribution in [3.8, 4) is 16.9 Å². The summed E-state index contributed by atoms with van der Waals surface area (Å²) < 4.78 is 5.19. The first-order valence-electron chi connectivity index (χ1n) is 8.88. The summed E-state index contributed by atoms with van der Waals surface area (Å²) in [4.78, 5) is 25.6. The second kappa shape index (κ2) is 7.13. The van der Waals surface area contributed by atoms with Crippen molar-refractivity contribution >= 4 is 28.9 Å². The van der Waals surface area contributed by atoms with Crippen molar-refractivity contribution in [3.63, 3.8) is 0 Å². The number of aryl methyl sites for hydroxylation is 1. The van der Waals surface area contributed by atoms with Gasteiger partial charge < -0.3 is 15.2 Å². The highest BCUT2D eigenvalue weighted by Crippen LogP contribution is 2.49. The molecule has 0 aliphatic carbocycles. The van der Waals surface area contributed by atoms with Gasteiger partial charge in [0.2, 0.25) is 5.91 Å². The molecule has 2 N–H and O–H groups in total. The van der Waals surface area contributed by atoms with Crippen LogP contribution in [0, 0.1) is 6.92 Å². The molecule has 2 heterocycles. The highest BCUT2D eigenvalue weighted by Gasteiger charge is 2.34. The number of hydrogen-bond donors (Lipinski definition) is 2. The van der Waals surface area contributed by atoms with Crippen LogP contribution in [0.2, 0.25) is 0 Å². The number of rotatable bonds is 4. The number of carboxylic acids is 1. The second-order valence-electron chi connectivity index (χ2n) is 6.79. The fraction of sp³-hybridized carbons (Fsp3) is 0.182. The molecule has 0 saturated carbocycles. The lowest BCUT2D eigenvalue weighted by atomic mass is 9.88. The van der Waals surface area contributed by atoms with Crippen LogP contribution in [0.5, 0.6) is 5.75 Å². The number of carboxylic acid groups (broad SMARTS) is 1. The number of carbonyl (C=O) groups excluding carboxylic acids is 1. The van der Waals surface area contributed by atoms with Gasteiger partial charge >= 0.3 is 5.97 Å². The van der Waals surface area contributed by atoms with Gasteiger partial charge in [-0.05, 0) is 30.2 Å². The first-order chi connectivity index (χ1) is 13.5. The summed E-state index contributed by atoms with van der Waals surface area (Å²) >= 11 is 1.24. The van der Waals surface area contributed by atoms with Crippen molar-refractivity contribution in [1.29, 1.82) is 0 Å². The summed E-state index contributed by atoms with van der Waals surface area (Å²) in [5.41, 5.74) is 4.05. The highest BCUT2D eigenvalue weighted by molar-refractivity contribution is 7.15. The maximum absolute atomic E-state index is 12.5. The van der Waals surface area contributed by atoms with Gasteiger partial charge in [0.05, 0.1) is 12.8 Å². The number of anilines is 1. The van der Waals surface area contributed by atoms with E-state index in [9.17, 15) is 14.7 Å². The summed E-state index contributed by atoms with van der Waals surface area (Å²) in [7, 11) is 1.58. The van der Waals surface area contributed by atoms with E-state index in [1.54, 1.807) is 19.2 Å². The van der Waals surface area contributed by atoms with Gasteiger partial charge in [0.1, 0.15) is 10.6 Å². The zero-order chi connectivity index (χ0) is 19.8. The molecule has 1 aliphatic rings. The number of amides is 1. The number of thiophene rings is 1. The van der Waals surface area contributed by atoms with E-state index in [0.717, 1.165) is 21.6 Å². The number of aromatic carboxylic acids is 1. The van der Waals surface area contributed by atoms with Gasteiger partial charge in [-0.15, -0.1) is 11.3 Å². The van der Waals surface area contributed by atoms with Gasteiger partial charge in [-0.25, -0.2) is 4.79 Å². The molecule has 1 amide bonds. The number of benzene rings is 2. The van der Waals surface area contributed by atoms with Gasteiger partial charge in [0.25, 0.3) is 0 Å². The average Bonchev–Trinajstić information content (AvgIpc) is 3.07. The molecule has 1 aromatic heterocycles. The fourth-order valence-corrected chi connectivity index (χ4v) is 4.78. The van der Waals surface area contributed by atoms with Crippen molar-refractivity contribution in [3.05, 3.63) is 69.4 Å². The van der Waals surface area contributed by atoms with E-state index in [4.69, 9.17) is 4.74 Å². The Morgan fingerprint density at radius 2 is 1.82 bits per heavy atom. The van der Waals surface area contributed by atoms with Gasteiger partial charge in [0.15, 0.2) is 0 Å². The molecule has 2 aromatic carbocycles. The molecule has 0 fully saturated rings. The molecule has 142 valence electrons. The largest absolute Gasteiger partial charge is 0.497 e. The van der Waals surface area contributed by atoms with Gasteiger partial charge in [-0.2, -0.15) is 0 Å². The van der Waals surface area contributed by atoms with Crippen LogP contribution in [0.25, 0.3) is 11.1 Å². The quantitative estimate of drug-likeness (QED) is 0.661.